The van der Waals surface area contributed by atoms with E-state index in [9.17, 15) is 10.1 Å². The van der Waals surface area contributed by atoms with Gasteiger partial charge in [0.1, 0.15) is 11.1 Å². The van der Waals surface area contributed by atoms with Crippen molar-refractivity contribution in [1.82, 2.24) is 10.1 Å². The molecule has 1 aliphatic rings. The molecule has 0 unspecified atom stereocenters. The van der Waals surface area contributed by atoms with Crippen LogP contribution in [0, 0.1) is 18.3 Å². The first kappa shape index (κ1) is 18.7. The van der Waals surface area contributed by atoms with Crippen LogP contribution in [0.4, 0.5) is 5.00 Å². The summed E-state index contributed by atoms with van der Waals surface area (Å²) < 4.78 is 5.14. The number of carbonyl (C=O) groups is 1. The van der Waals surface area contributed by atoms with E-state index in [1.807, 2.05) is 18.2 Å². The van der Waals surface area contributed by atoms with Crippen molar-refractivity contribution in [2.24, 2.45) is 0 Å². The summed E-state index contributed by atoms with van der Waals surface area (Å²) in [5, 5.41) is 17.0. The highest BCUT2D eigenvalue weighted by Crippen LogP contribution is 2.38. The van der Waals surface area contributed by atoms with Gasteiger partial charge in [0.25, 0.3) is 5.91 Å². The van der Waals surface area contributed by atoms with Crippen molar-refractivity contribution in [3.63, 3.8) is 0 Å². The lowest BCUT2D eigenvalue weighted by atomic mass is 9.96. The van der Waals surface area contributed by atoms with E-state index in [-0.39, 0.29) is 5.91 Å². The number of nitrogens with zero attached hydrogens (tertiary/aromatic N) is 3. The normalized spacial score (nSPS) is 13.0. The zero-order valence-electron chi connectivity index (χ0n) is 15.3. The van der Waals surface area contributed by atoms with E-state index in [4.69, 9.17) is 4.52 Å². The third-order valence-electron chi connectivity index (χ3n) is 4.56. The van der Waals surface area contributed by atoms with E-state index in [0.29, 0.717) is 33.6 Å². The number of anilines is 1. The Bertz CT molecular complexity index is 1060. The van der Waals surface area contributed by atoms with Crippen molar-refractivity contribution in [1.29, 1.82) is 5.26 Å². The fraction of sp³-hybridized carbons (Fsp3) is 0.300. The van der Waals surface area contributed by atoms with Crippen LogP contribution in [0.15, 0.2) is 33.7 Å². The maximum Gasteiger partial charge on any atom is 0.257 e. The first-order valence-corrected chi connectivity index (χ1v) is 10.8. The van der Waals surface area contributed by atoms with Gasteiger partial charge in [0.15, 0.2) is 5.82 Å². The van der Waals surface area contributed by atoms with Crippen molar-refractivity contribution in [3.8, 4) is 6.07 Å². The second-order valence-corrected chi connectivity index (χ2v) is 8.62. The summed E-state index contributed by atoms with van der Waals surface area (Å²) in [5.74, 6) is 1.39. The topological polar surface area (TPSA) is 91.8 Å². The van der Waals surface area contributed by atoms with Crippen LogP contribution in [0.1, 0.15) is 50.9 Å². The lowest BCUT2D eigenvalue weighted by Crippen LogP contribution is -2.13. The number of thioether (sulfide) groups is 1. The molecule has 28 heavy (non-hydrogen) atoms. The lowest BCUT2D eigenvalue weighted by Gasteiger charge is -2.09. The maximum absolute atomic E-state index is 13.0. The Morgan fingerprint density at radius 2 is 2.18 bits per heavy atom. The fourth-order valence-corrected chi connectivity index (χ4v) is 5.38. The summed E-state index contributed by atoms with van der Waals surface area (Å²) in [4.78, 5) is 19.2. The van der Waals surface area contributed by atoms with E-state index in [0.717, 1.165) is 36.1 Å². The quantitative estimate of drug-likeness (QED) is 0.611. The maximum atomic E-state index is 13.0. The number of thiophene rings is 1. The summed E-state index contributed by atoms with van der Waals surface area (Å²) in [6.07, 6.45) is 4.14. The monoisotopic (exact) mass is 410 g/mol. The molecule has 1 amide bonds. The first-order valence-electron chi connectivity index (χ1n) is 9.02. The SMILES string of the molecule is Cc1noc(CSc2ccccc2C(=O)Nc2sc3c(c2C#N)CCCC3)n1. The highest BCUT2D eigenvalue weighted by atomic mass is 32.2. The zero-order chi connectivity index (χ0) is 19.5. The number of aromatic nitrogens is 2. The van der Waals surface area contributed by atoms with Gasteiger partial charge < -0.3 is 9.84 Å². The molecule has 0 atom stereocenters. The molecule has 6 nitrogen and oxygen atoms in total. The summed E-state index contributed by atoms with van der Waals surface area (Å²) in [5.41, 5.74) is 2.31. The number of hydrogen-bond acceptors (Lipinski definition) is 7. The molecule has 142 valence electrons. The van der Waals surface area contributed by atoms with Crippen molar-refractivity contribution in [3.05, 3.63) is 57.5 Å². The lowest BCUT2D eigenvalue weighted by molar-refractivity contribution is 0.102. The molecular formula is C20H18N4O2S2. The summed E-state index contributed by atoms with van der Waals surface area (Å²) >= 11 is 3.00. The predicted molar refractivity (Wildman–Crippen MR) is 109 cm³/mol. The number of amides is 1. The molecule has 1 aliphatic carbocycles. The van der Waals surface area contributed by atoms with Crippen LogP contribution < -0.4 is 5.32 Å². The molecular weight excluding hydrogens is 392 g/mol. The molecule has 0 fully saturated rings. The largest absolute Gasteiger partial charge is 0.338 e. The van der Waals surface area contributed by atoms with Gasteiger partial charge in [-0.3, -0.25) is 4.79 Å². The molecule has 0 radical (unpaired) electrons. The van der Waals surface area contributed by atoms with Crippen molar-refractivity contribution < 1.29 is 9.32 Å². The third kappa shape index (κ3) is 3.81. The van der Waals surface area contributed by atoms with Crippen LogP contribution in [-0.4, -0.2) is 16.0 Å². The Kier molecular flexibility index (Phi) is 5.46. The molecule has 1 N–H and O–H groups in total. The van der Waals surface area contributed by atoms with Gasteiger partial charge in [-0.1, -0.05) is 17.3 Å². The highest BCUT2D eigenvalue weighted by molar-refractivity contribution is 7.98. The van der Waals surface area contributed by atoms with Crippen molar-refractivity contribution in [2.45, 2.75) is 43.3 Å². The van der Waals surface area contributed by atoms with E-state index in [1.165, 1.54) is 28.0 Å². The summed E-state index contributed by atoms with van der Waals surface area (Å²) in [7, 11) is 0. The average Bonchev–Trinajstić information content (AvgIpc) is 3.28. The Hall–Kier alpha value is -2.63. The predicted octanol–water partition coefficient (Wildman–Crippen LogP) is 4.73. The number of nitrogens with one attached hydrogen (secondary N) is 1. The van der Waals surface area contributed by atoms with Crippen LogP contribution >= 0.6 is 23.1 Å². The molecule has 8 heteroatoms. The minimum atomic E-state index is -0.208. The highest BCUT2D eigenvalue weighted by Gasteiger charge is 2.23. The Labute approximate surface area is 171 Å². The molecule has 2 heterocycles. The number of aryl methyl sites for hydroxylation is 2. The molecule has 0 saturated heterocycles. The van der Waals surface area contributed by atoms with Gasteiger partial charge >= 0.3 is 0 Å². The number of hydrogen-bond donors (Lipinski definition) is 1. The molecule has 4 rings (SSSR count). The number of rotatable bonds is 5. The van der Waals surface area contributed by atoms with Gasteiger partial charge in [0.2, 0.25) is 5.89 Å². The third-order valence-corrected chi connectivity index (χ3v) is 6.83. The van der Waals surface area contributed by atoms with Gasteiger partial charge in [-0.2, -0.15) is 10.2 Å². The molecule has 0 aliphatic heterocycles. The fourth-order valence-electron chi connectivity index (χ4n) is 3.26. The number of nitriles is 1. The smallest absolute Gasteiger partial charge is 0.257 e. The van der Waals surface area contributed by atoms with Gasteiger partial charge in [-0.05, 0) is 50.3 Å². The second-order valence-electron chi connectivity index (χ2n) is 6.50. The Balaban J connectivity index is 1.54. The Morgan fingerprint density at radius 1 is 1.36 bits per heavy atom. The van der Waals surface area contributed by atoms with Crippen LogP contribution in [0.3, 0.4) is 0 Å². The minimum Gasteiger partial charge on any atom is -0.338 e. The first-order chi connectivity index (χ1) is 13.7. The van der Waals surface area contributed by atoms with Gasteiger partial charge in [-0.15, -0.1) is 23.1 Å². The van der Waals surface area contributed by atoms with Gasteiger partial charge in [0, 0.05) is 9.77 Å². The zero-order valence-corrected chi connectivity index (χ0v) is 17.0. The van der Waals surface area contributed by atoms with Crippen molar-refractivity contribution in [2.75, 3.05) is 5.32 Å². The van der Waals surface area contributed by atoms with E-state index < -0.39 is 0 Å². The van der Waals surface area contributed by atoms with Crippen LogP contribution in [0.2, 0.25) is 0 Å². The number of fused-ring (bicyclic) bond motifs is 1. The molecule has 1 aromatic carbocycles. The molecule has 0 spiro atoms. The average molecular weight is 411 g/mol. The molecule has 0 bridgehead atoms. The van der Waals surface area contributed by atoms with Crippen LogP contribution in [-0.2, 0) is 18.6 Å². The standard InChI is InChI=1S/C20H18N4O2S2/c1-12-22-18(26-24-12)11-27-16-8-4-3-7-14(16)19(25)23-20-15(10-21)13-6-2-5-9-17(13)28-20/h3-4,7-8H,2,5-6,9,11H2,1H3,(H,23,25). The number of benzene rings is 1. The van der Waals surface area contributed by atoms with E-state index in [2.05, 4.69) is 21.5 Å². The van der Waals surface area contributed by atoms with Crippen LogP contribution in [0.5, 0.6) is 0 Å². The Morgan fingerprint density at radius 3 is 2.96 bits per heavy atom. The summed E-state index contributed by atoms with van der Waals surface area (Å²) in [6, 6.07) is 9.70. The van der Waals surface area contributed by atoms with Gasteiger partial charge in [-0.25, -0.2) is 0 Å². The molecule has 2 aromatic heterocycles. The van der Waals surface area contributed by atoms with E-state index >= 15 is 0 Å². The van der Waals surface area contributed by atoms with E-state index in [1.54, 1.807) is 13.0 Å². The van der Waals surface area contributed by atoms with Crippen molar-refractivity contribution >= 4 is 34.0 Å². The molecule has 0 saturated carbocycles. The van der Waals surface area contributed by atoms with Crippen LogP contribution in [0.25, 0.3) is 0 Å². The minimum absolute atomic E-state index is 0.208. The second kappa shape index (κ2) is 8.17. The van der Waals surface area contributed by atoms with Gasteiger partial charge in [0.05, 0.1) is 16.9 Å². The summed E-state index contributed by atoms with van der Waals surface area (Å²) in [6.45, 7) is 1.77. The number of carbonyl (C=O) groups excluding carboxylic acids is 1. The molecule has 3 aromatic rings.